The molecule has 3 N–H and O–H groups in total. The number of benzene rings is 1. The van der Waals surface area contributed by atoms with Crippen LogP contribution >= 0.6 is 23.2 Å². The Morgan fingerprint density at radius 1 is 1.11 bits per heavy atom. The van der Waals surface area contributed by atoms with E-state index in [1.807, 2.05) is 6.92 Å². The Bertz CT molecular complexity index is 529. The number of hydrogen-bond acceptors (Lipinski definition) is 4. The Labute approximate surface area is 115 Å². The number of halogens is 2. The molecule has 1 aromatic carbocycles. The van der Waals surface area contributed by atoms with Crippen LogP contribution in [0, 0.1) is 0 Å². The van der Waals surface area contributed by atoms with E-state index in [2.05, 4.69) is 15.4 Å². The summed E-state index contributed by atoms with van der Waals surface area (Å²) in [5, 5.41) is 1.09. The molecule has 6 heteroatoms. The topological polar surface area (TPSA) is 63.8 Å². The van der Waals surface area contributed by atoms with Crippen molar-refractivity contribution in [1.82, 2.24) is 9.97 Å². The molecule has 0 bridgehead atoms. The molecule has 0 aliphatic heterocycles. The van der Waals surface area contributed by atoms with Gasteiger partial charge in [-0.1, -0.05) is 30.1 Å². The maximum atomic E-state index is 5.97. The molecule has 2 rings (SSSR count). The van der Waals surface area contributed by atoms with Crippen molar-refractivity contribution in [1.29, 1.82) is 0 Å². The number of nitrogens with zero attached hydrogens (tertiary/aromatic N) is 2. The first-order valence-corrected chi connectivity index (χ1v) is 6.19. The maximum Gasteiger partial charge on any atom is 0.161 e. The number of anilines is 1. The Morgan fingerprint density at radius 2 is 1.78 bits per heavy atom. The Morgan fingerprint density at radius 3 is 2.33 bits per heavy atom. The van der Waals surface area contributed by atoms with Crippen molar-refractivity contribution in [2.24, 2.45) is 5.84 Å². The molecule has 2 aromatic rings. The Kier molecular flexibility index (Phi) is 4.01. The van der Waals surface area contributed by atoms with E-state index < -0.39 is 0 Å². The second kappa shape index (κ2) is 5.52. The first-order valence-electron chi connectivity index (χ1n) is 5.43. The molecular weight excluding hydrogens is 271 g/mol. The molecule has 0 saturated heterocycles. The summed E-state index contributed by atoms with van der Waals surface area (Å²) in [6, 6.07) is 7.00. The van der Waals surface area contributed by atoms with Gasteiger partial charge in [-0.15, -0.1) is 0 Å². The van der Waals surface area contributed by atoms with Gasteiger partial charge in [0.25, 0.3) is 0 Å². The van der Waals surface area contributed by atoms with E-state index in [-0.39, 0.29) is 0 Å². The molecule has 0 fully saturated rings. The zero-order valence-electron chi connectivity index (χ0n) is 9.74. The van der Waals surface area contributed by atoms with E-state index in [4.69, 9.17) is 29.0 Å². The second-order valence-corrected chi connectivity index (χ2v) is 4.60. The van der Waals surface area contributed by atoms with Gasteiger partial charge >= 0.3 is 0 Å². The van der Waals surface area contributed by atoms with Crippen LogP contribution in [0.5, 0.6) is 0 Å². The predicted molar refractivity (Wildman–Crippen MR) is 74.7 cm³/mol. The molecule has 0 saturated carbocycles. The van der Waals surface area contributed by atoms with Gasteiger partial charge in [0.15, 0.2) is 5.82 Å². The SMILES string of the molecule is CCc1cc(NN)nc(-c2cc(Cl)cc(Cl)c2)n1. The van der Waals surface area contributed by atoms with Gasteiger partial charge in [-0.3, -0.25) is 0 Å². The van der Waals surface area contributed by atoms with Gasteiger partial charge in [-0.2, -0.15) is 0 Å². The van der Waals surface area contributed by atoms with Crippen molar-refractivity contribution in [3.05, 3.63) is 40.0 Å². The lowest BCUT2D eigenvalue weighted by Gasteiger charge is -2.07. The zero-order chi connectivity index (χ0) is 13.1. The van der Waals surface area contributed by atoms with Crippen LogP contribution in [0.3, 0.4) is 0 Å². The quantitative estimate of drug-likeness (QED) is 0.670. The van der Waals surface area contributed by atoms with Crippen LogP contribution in [0.1, 0.15) is 12.6 Å². The lowest BCUT2D eigenvalue weighted by Crippen LogP contribution is -2.10. The van der Waals surface area contributed by atoms with Gasteiger partial charge in [-0.25, -0.2) is 15.8 Å². The van der Waals surface area contributed by atoms with Gasteiger partial charge in [0.05, 0.1) is 0 Å². The summed E-state index contributed by atoms with van der Waals surface area (Å²) in [6.45, 7) is 2.01. The van der Waals surface area contributed by atoms with E-state index in [1.165, 1.54) is 0 Å². The molecule has 0 amide bonds. The average molecular weight is 283 g/mol. The minimum atomic E-state index is 0.547. The van der Waals surface area contributed by atoms with Crippen LogP contribution in [-0.4, -0.2) is 9.97 Å². The number of aryl methyl sites for hydroxylation is 1. The highest BCUT2D eigenvalue weighted by atomic mass is 35.5. The van der Waals surface area contributed by atoms with Crippen molar-refractivity contribution >= 4 is 29.0 Å². The standard InChI is InChI=1S/C12H12Cl2N4/c1-2-10-6-11(18-15)17-12(16-10)7-3-8(13)5-9(14)4-7/h3-6H,2,15H2,1H3,(H,16,17,18). The third-order valence-electron chi connectivity index (χ3n) is 2.41. The van der Waals surface area contributed by atoms with Crippen LogP contribution in [0.25, 0.3) is 11.4 Å². The van der Waals surface area contributed by atoms with Crippen molar-refractivity contribution in [3.8, 4) is 11.4 Å². The minimum absolute atomic E-state index is 0.547. The summed E-state index contributed by atoms with van der Waals surface area (Å²) in [6.07, 6.45) is 0.790. The molecule has 0 unspecified atom stereocenters. The van der Waals surface area contributed by atoms with Crippen LogP contribution in [0.2, 0.25) is 10.0 Å². The first kappa shape index (κ1) is 13.1. The highest BCUT2D eigenvalue weighted by Crippen LogP contribution is 2.26. The van der Waals surface area contributed by atoms with E-state index in [0.29, 0.717) is 21.7 Å². The molecule has 0 spiro atoms. The number of rotatable bonds is 3. The molecule has 1 heterocycles. The van der Waals surface area contributed by atoms with Crippen LogP contribution < -0.4 is 11.3 Å². The van der Waals surface area contributed by atoms with Gasteiger partial charge in [0.2, 0.25) is 0 Å². The summed E-state index contributed by atoms with van der Waals surface area (Å²) in [4.78, 5) is 8.72. The average Bonchev–Trinajstić information content (AvgIpc) is 2.37. The number of aromatic nitrogens is 2. The number of nitrogen functional groups attached to an aromatic ring is 1. The van der Waals surface area contributed by atoms with Crippen molar-refractivity contribution in [2.45, 2.75) is 13.3 Å². The normalized spacial score (nSPS) is 10.4. The molecular formula is C12H12Cl2N4. The van der Waals surface area contributed by atoms with Gasteiger partial charge < -0.3 is 5.43 Å². The lowest BCUT2D eigenvalue weighted by molar-refractivity contribution is 1.00. The zero-order valence-corrected chi connectivity index (χ0v) is 11.3. The first-order chi connectivity index (χ1) is 8.62. The minimum Gasteiger partial charge on any atom is -0.308 e. The number of nitrogens with one attached hydrogen (secondary N) is 1. The van der Waals surface area contributed by atoms with E-state index in [1.54, 1.807) is 24.3 Å². The van der Waals surface area contributed by atoms with E-state index in [0.717, 1.165) is 17.7 Å². The monoisotopic (exact) mass is 282 g/mol. The molecule has 0 aliphatic carbocycles. The molecule has 0 radical (unpaired) electrons. The van der Waals surface area contributed by atoms with E-state index >= 15 is 0 Å². The summed E-state index contributed by atoms with van der Waals surface area (Å²) in [5.74, 6) is 6.50. The molecule has 0 atom stereocenters. The number of nitrogens with two attached hydrogens (primary N) is 1. The maximum absolute atomic E-state index is 5.97. The Hall–Kier alpha value is -1.36. The lowest BCUT2D eigenvalue weighted by atomic mass is 10.2. The smallest absolute Gasteiger partial charge is 0.161 e. The number of hydrogen-bond donors (Lipinski definition) is 2. The predicted octanol–water partition coefficient (Wildman–Crippen LogP) is 3.30. The third kappa shape index (κ3) is 2.90. The fourth-order valence-electron chi connectivity index (χ4n) is 1.56. The fraction of sp³-hybridized carbons (Fsp3) is 0.167. The number of hydrazine groups is 1. The van der Waals surface area contributed by atoms with Crippen LogP contribution in [0.15, 0.2) is 24.3 Å². The third-order valence-corrected chi connectivity index (χ3v) is 2.85. The highest BCUT2D eigenvalue weighted by molar-refractivity contribution is 6.35. The Balaban J connectivity index is 2.55. The molecule has 18 heavy (non-hydrogen) atoms. The van der Waals surface area contributed by atoms with Crippen LogP contribution in [-0.2, 0) is 6.42 Å². The largest absolute Gasteiger partial charge is 0.308 e. The summed E-state index contributed by atoms with van der Waals surface area (Å²) in [5.41, 5.74) is 4.18. The molecule has 0 aliphatic rings. The molecule has 4 nitrogen and oxygen atoms in total. The summed E-state index contributed by atoms with van der Waals surface area (Å²) >= 11 is 11.9. The highest BCUT2D eigenvalue weighted by Gasteiger charge is 2.07. The van der Waals surface area contributed by atoms with Gasteiger partial charge in [-0.05, 0) is 24.6 Å². The van der Waals surface area contributed by atoms with Crippen molar-refractivity contribution in [3.63, 3.8) is 0 Å². The van der Waals surface area contributed by atoms with Crippen LogP contribution in [0.4, 0.5) is 5.82 Å². The van der Waals surface area contributed by atoms with Gasteiger partial charge in [0, 0.05) is 27.4 Å². The van der Waals surface area contributed by atoms with Crippen molar-refractivity contribution < 1.29 is 0 Å². The summed E-state index contributed by atoms with van der Waals surface area (Å²) in [7, 11) is 0. The molecule has 94 valence electrons. The molecule has 1 aromatic heterocycles. The van der Waals surface area contributed by atoms with E-state index in [9.17, 15) is 0 Å². The van der Waals surface area contributed by atoms with Crippen molar-refractivity contribution in [2.75, 3.05) is 5.43 Å². The summed E-state index contributed by atoms with van der Waals surface area (Å²) < 4.78 is 0. The second-order valence-electron chi connectivity index (χ2n) is 3.72. The fourth-order valence-corrected chi connectivity index (χ4v) is 2.09. The van der Waals surface area contributed by atoms with Gasteiger partial charge in [0.1, 0.15) is 5.82 Å².